The summed E-state index contributed by atoms with van der Waals surface area (Å²) in [6, 6.07) is 7.90. The number of carbonyl (C=O) groups is 1. The fraction of sp³-hybridized carbons (Fsp3) is 0.267. The molecule has 0 aliphatic heterocycles. The number of anilines is 1. The molecule has 1 atom stereocenters. The fourth-order valence-electron chi connectivity index (χ4n) is 2.01. The lowest BCUT2D eigenvalue weighted by Crippen LogP contribution is -2.18. The number of hydrogen-bond donors (Lipinski definition) is 2. The molecule has 2 rings (SSSR count). The third-order valence-corrected chi connectivity index (χ3v) is 3.03. The Morgan fingerprint density at radius 2 is 2.20 bits per heavy atom. The van der Waals surface area contributed by atoms with E-state index in [1.807, 2.05) is 19.1 Å². The second-order valence-corrected chi connectivity index (χ2v) is 4.63. The van der Waals surface area contributed by atoms with Gasteiger partial charge in [0.05, 0.1) is 12.0 Å². The summed E-state index contributed by atoms with van der Waals surface area (Å²) in [6.07, 6.45) is 3.10. The van der Waals surface area contributed by atoms with Crippen LogP contribution in [0.2, 0.25) is 0 Å². The number of rotatable bonds is 6. The van der Waals surface area contributed by atoms with Crippen LogP contribution in [0.25, 0.3) is 0 Å². The highest BCUT2D eigenvalue weighted by Gasteiger charge is 2.16. The smallest absolute Gasteiger partial charge is 0.340 e. The number of hydrogen-bond acceptors (Lipinski definition) is 3. The van der Waals surface area contributed by atoms with E-state index in [1.165, 1.54) is 6.07 Å². The largest absolute Gasteiger partial charge is 0.478 e. The lowest BCUT2D eigenvalue weighted by molar-refractivity contribution is 0.0693. The maximum absolute atomic E-state index is 13.5. The van der Waals surface area contributed by atoms with Gasteiger partial charge in [0, 0.05) is 12.5 Å². The van der Waals surface area contributed by atoms with Crippen molar-refractivity contribution in [3.63, 3.8) is 0 Å². The first-order chi connectivity index (χ1) is 9.58. The molecule has 0 saturated heterocycles. The van der Waals surface area contributed by atoms with Gasteiger partial charge in [0.25, 0.3) is 0 Å². The molecule has 1 heterocycles. The van der Waals surface area contributed by atoms with Crippen molar-refractivity contribution in [2.24, 2.45) is 0 Å². The van der Waals surface area contributed by atoms with Gasteiger partial charge in [-0.05, 0) is 37.6 Å². The monoisotopic (exact) mass is 277 g/mol. The molecule has 0 fully saturated rings. The van der Waals surface area contributed by atoms with E-state index in [0.717, 1.165) is 24.7 Å². The van der Waals surface area contributed by atoms with Crippen molar-refractivity contribution in [2.45, 2.75) is 25.8 Å². The van der Waals surface area contributed by atoms with Crippen LogP contribution in [-0.4, -0.2) is 17.1 Å². The summed E-state index contributed by atoms with van der Waals surface area (Å²) in [6.45, 7) is 1.92. The van der Waals surface area contributed by atoms with Gasteiger partial charge >= 0.3 is 5.97 Å². The normalized spacial score (nSPS) is 12.1. The van der Waals surface area contributed by atoms with Crippen molar-refractivity contribution in [2.75, 3.05) is 5.32 Å². The third kappa shape index (κ3) is 3.38. The quantitative estimate of drug-likeness (QED) is 0.847. The molecule has 4 nitrogen and oxygen atoms in total. The summed E-state index contributed by atoms with van der Waals surface area (Å²) >= 11 is 0. The summed E-state index contributed by atoms with van der Waals surface area (Å²) in [5.41, 5.74) is -0.0261. The standard InChI is InChI=1S/C15H16FNO3/c1-10(7-8-11-4-3-9-20-11)17-13-6-2-5-12(16)14(13)15(18)19/h2-6,9-10,17H,7-8H2,1H3,(H,18,19). The number of furan rings is 1. The highest BCUT2D eigenvalue weighted by atomic mass is 19.1. The van der Waals surface area contributed by atoms with E-state index in [-0.39, 0.29) is 11.6 Å². The maximum atomic E-state index is 13.5. The zero-order valence-corrected chi connectivity index (χ0v) is 11.1. The second-order valence-electron chi connectivity index (χ2n) is 4.63. The molecular formula is C15H16FNO3. The summed E-state index contributed by atoms with van der Waals surface area (Å²) < 4.78 is 18.8. The number of halogens is 1. The number of aryl methyl sites for hydroxylation is 1. The Balaban J connectivity index is 2.02. The van der Waals surface area contributed by atoms with Crippen LogP contribution in [-0.2, 0) is 6.42 Å². The third-order valence-electron chi connectivity index (χ3n) is 3.03. The topological polar surface area (TPSA) is 62.5 Å². The number of aromatic carboxylic acids is 1. The van der Waals surface area contributed by atoms with E-state index in [9.17, 15) is 9.18 Å². The van der Waals surface area contributed by atoms with Crippen molar-refractivity contribution < 1.29 is 18.7 Å². The molecule has 0 aliphatic carbocycles. The molecule has 1 unspecified atom stereocenters. The molecule has 0 amide bonds. The minimum Gasteiger partial charge on any atom is -0.478 e. The summed E-state index contributed by atoms with van der Waals surface area (Å²) in [5.74, 6) is -1.14. The van der Waals surface area contributed by atoms with Gasteiger partial charge in [-0.15, -0.1) is 0 Å². The zero-order chi connectivity index (χ0) is 14.5. The second kappa shape index (κ2) is 6.23. The van der Waals surface area contributed by atoms with Crippen molar-refractivity contribution in [3.8, 4) is 0 Å². The average molecular weight is 277 g/mol. The van der Waals surface area contributed by atoms with Crippen LogP contribution in [0, 0.1) is 5.82 Å². The van der Waals surface area contributed by atoms with E-state index in [1.54, 1.807) is 12.3 Å². The molecule has 2 N–H and O–H groups in total. The van der Waals surface area contributed by atoms with Gasteiger partial charge in [0.15, 0.2) is 0 Å². The lowest BCUT2D eigenvalue weighted by atomic mass is 10.1. The van der Waals surface area contributed by atoms with E-state index < -0.39 is 11.8 Å². The van der Waals surface area contributed by atoms with Crippen molar-refractivity contribution >= 4 is 11.7 Å². The Labute approximate surface area is 116 Å². The highest BCUT2D eigenvalue weighted by molar-refractivity contribution is 5.94. The number of benzene rings is 1. The van der Waals surface area contributed by atoms with Crippen molar-refractivity contribution in [3.05, 3.63) is 53.7 Å². The Kier molecular flexibility index (Phi) is 4.40. The van der Waals surface area contributed by atoms with E-state index in [4.69, 9.17) is 9.52 Å². The first kappa shape index (κ1) is 14.1. The van der Waals surface area contributed by atoms with Crippen LogP contribution in [0.1, 0.15) is 29.5 Å². The van der Waals surface area contributed by atoms with Gasteiger partial charge < -0.3 is 14.8 Å². The number of carboxylic acids is 1. The van der Waals surface area contributed by atoms with Crippen LogP contribution in [0.4, 0.5) is 10.1 Å². The maximum Gasteiger partial charge on any atom is 0.340 e. The molecule has 106 valence electrons. The Bertz CT molecular complexity index is 581. The fourth-order valence-corrected chi connectivity index (χ4v) is 2.01. The van der Waals surface area contributed by atoms with Crippen molar-refractivity contribution in [1.29, 1.82) is 0 Å². The predicted octanol–water partition coefficient (Wildman–Crippen LogP) is 3.55. The van der Waals surface area contributed by atoms with Gasteiger partial charge in [-0.1, -0.05) is 6.07 Å². The minimum atomic E-state index is -1.27. The SMILES string of the molecule is CC(CCc1ccco1)Nc1cccc(F)c1C(=O)O. The Morgan fingerprint density at radius 3 is 2.85 bits per heavy atom. The minimum absolute atomic E-state index is 0.000000000000000222. The Hall–Kier alpha value is -2.30. The Morgan fingerprint density at radius 1 is 1.40 bits per heavy atom. The van der Waals surface area contributed by atoms with Crippen LogP contribution < -0.4 is 5.32 Å². The van der Waals surface area contributed by atoms with Gasteiger partial charge in [0.2, 0.25) is 0 Å². The molecule has 20 heavy (non-hydrogen) atoms. The molecule has 5 heteroatoms. The van der Waals surface area contributed by atoms with Crippen LogP contribution >= 0.6 is 0 Å². The molecule has 0 spiro atoms. The molecule has 2 aromatic rings. The van der Waals surface area contributed by atoms with Crippen LogP contribution in [0.15, 0.2) is 41.0 Å². The molecule has 0 radical (unpaired) electrons. The number of carboxylic acid groups (broad SMARTS) is 1. The summed E-state index contributed by atoms with van der Waals surface area (Å²) in [7, 11) is 0. The number of nitrogens with one attached hydrogen (secondary N) is 1. The summed E-state index contributed by atoms with van der Waals surface area (Å²) in [4.78, 5) is 11.1. The lowest BCUT2D eigenvalue weighted by Gasteiger charge is -2.16. The van der Waals surface area contributed by atoms with Gasteiger partial charge in [-0.25, -0.2) is 9.18 Å². The highest BCUT2D eigenvalue weighted by Crippen LogP contribution is 2.20. The molecule has 0 saturated carbocycles. The predicted molar refractivity (Wildman–Crippen MR) is 73.5 cm³/mol. The molecule has 1 aromatic heterocycles. The van der Waals surface area contributed by atoms with Crippen LogP contribution in [0.3, 0.4) is 0 Å². The van der Waals surface area contributed by atoms with Crippen molar-refractivity contribution in [1.82, 2.24) is 0 Å². The molecule has 0 aliphatic rings. The van der Waals surface area contributed by atoms with E-state index >= 15 is 0 Å². The molecule has 1 aromatic carbocycles. The first-order valence-corrected chi connectivity index (χ1v) is 6.38. The van der Waals surface area contributed by atoms with Crippen LogP contribution in [0.5, 0.6) is 0 Å². The summed E-state index contributed by atoms with van der Waals surface area (Å²) in [5, 5.41) is 12.1. The van der Waals surface area contributed by atoms with Gasteiger partial charge in [-0.2, -0.15) is 0 Å². The molecule has 0 bridgehead atoms. The van der Waals surface area contributed by atoms with E-state index in [0.29, 0.717) is 5.69 Å². The molecular weight excluding hydrogens is 261 g/mol. The zero-order valence-electron chi connectivity index (χ0n) is 11.1. The van der Waals surface area contributed by atoms with Gasteiger partial charge in [0.1, 0.15) is 17.1 Å². The van der Waals surface area contributed by atoms with E-state index in [2.05, 4.69) is 5.32 Å². The first-order valence-electron chi connectivity index (χ1n) is 6.38. The average Bonchev–Trinajstić information content (AvgIpc) is 2.89. The van der Waals surface area contributed by atoms with Gasteiger partial charge in [-0.3, -0.25) is 0 Å².